The fourth-order valence-electron chi connectivity index (χ4n) is 2.54. The van der Waals surface area contributed by atoms with Crippen molar-refractivity contribution in [1.29, 1.82) is 0 Å². The van der Waals surface area contributed by atoms with E-state index in [0.717, 1.165) is 12.8 Å². The van der Waals surface area contributed by atoms with Crippen LogP contribution in [0.3, 0.4) is 0 Å². The highest BCUT2D eigenvalue weighted by Gasteiger charge is 2.34. The maximum absolute atomic E-state index is 12.3. The molecule has 0 aromatic heterocycles. The first-order valence-corrected chi connectivity index (χ1v) is 6.78. The Morgan fingerprint density at radius 3 is 2.62 bits per heavy atom. The quantitative estimate of drug-likeness (QED) is 0.783. The van der Waals surface area contributed by atoms with E-state index in [9.17, 15) is 18.7 Å². The van der Waals surface area contributed by atoms with E-state index in [1.165, 1.54) is 18.2 Å². The van der Waals surface area contributed by atoms with Gasteiger partial charge in [0.1, 0.15) is 5.75 Å². The summed E-state index contributed by atoms with van der Waals surface area (Å²) < 4.78 is 28.9. The molecule has 3 N–H and O–H groups in total. The van der Waals surface area contributed by atoms with Gasteiger partial charge in [0.2, 0.25) is 0 Å². The largest absolute Gasteiger partial charge is 0.433 e. The monoisotopic (exact) mass is 300 g/mol. The molecule has 2 rings (SSSR count). The number of halogens is 2. The van der Waals surface area contributed by atoms with E-state index < -0.39 is 18.2 Å². The highest BCUT2D eigenvalue weighted by atomic mass is 19.3. The molecule has 0 radical (unpaired) electrons. The smallest absolute Gasteiger partial charge is 0.387 e. The molecule has 1 aliphatic rings. The summed E-state index contributed by atoms with van der Waals surface area (Å²) >= 11 is 0. The number of benzene rings is 1. The summed E-state index contributed by atoms with van der Waals surface area (Å²) in [5.74, 6) is -0.105. The van der Waals surface area contributed by atoms with Crippen LogP contribution >= 0.6 is 0 Å². The van der Waals surface area contributed by atoms with Crippen LogP contribution in [0.15, 0.2) is 24.3 Å². The van der Waals surface area contributed by atoms with Crippen LogP contribution in [0.5, 0.6) is 5.75 Å². The van der Waals surface area contributed by atoms with Crippen molar-refractivity contribution in [3.05, 3.63) is 24.3 Å². The van der Waals surface area contributed by atoms with E-state index >= 15 is 0 Å². The van der Waals surface area contributed by atoms with Gasteiger partial charge >= 0.3 is 12.6 Å². The lowest BCUT2D eigenvalue weighted by molar-refractivity contribution is -0.0493. The summed E-state index contributed by atoms with van der Waals surface area (Å²) in [4.78, 5) is 12.0. The van der Waals surface area contributed by atoms with E-state index in [4.69, 9.17) is 0 Å². The lowest BCUT2D eigenvalue weighted by atomic mass is 9.99. The minimum absolute atomic E-state index is 0.105. The number of aliphatic hydroxyl groups excluding tert-OH is 1. The molecule has 0 heterocycles. The topological polar surface area (TPSA) is 70.6 Å². The maximum atomic E-state index is 12.3. The second-order valence-electron chi connectivity index (χ2n) is 5.10. The molecule has 1 fully saturated rings. The fraction of sp³-hybridized carbons (Fsp3) is 0.500. The Labute approximate surface area is 121 Å². The number of aliphatic hydroxyl groups is 1. The summed E-state index contributed by atoms with van der Waals surface area (Å²) in [6.07, 6.45) is 3.27. The average Bonchev–Trinajstić information content (AvgIpc) is 2.89. The standard InChI is InChI=1S/C14H18F2N2O3/c15-12(16)21-11-6-2-1-5-10(11)17-13(20)18-14(9-19)7-3-4-8-14/h1-2,5-6,12,19H,3-4,7-9H2,(H2,17,18,20). The lowest BCUT2D eigenvalue weighted by Gasteiger charge is -2.28. The molecule has 1 aromatic carbocycles. The number of nitrogens with one attached hydrogen (secondary N) is 2. The van der Waals surface area contributed by atoms with Crippen LogP contribution < -0.4 is 15.4 Å². The summed E-state index contributed by atoms with van der Waals surface area (Å²) in [6, 6.07) is 5.41. The van der Waals surface area contributed by atoms with Gasteiger partial charge in [0.15, 0.2) is 0 Å². The van der Waals surface area contributed by atoms with Gasteiger partial charge in [-0.3, -0.25) is 0 Å². The number of urea groups is 1. The maximum Gasteiger partial charge on any atom is 0.387 e. The summed E-state index contributed by atoms with van der Waals surface area (Å²) in [6.45, 7) is -3.11. The zero-order chi connectivity index (χ0) is 15.3. The van der Waals surface area contributed by atoms with Gasteiger partial charge < -0.3 is 20.5 Å². The second-order valence-corrected chi connectivity index (χ2v) is 5.10. The van der Waals surface area contributed by atoms with Crippen molar-refractivity contribution in [3.8, 4) is 5.75 Å². The molecule has 1 aliphatic carbocycles. The Balaban J connectivity index is 2.02. The lowest BCUT2D eigenvalue weighted by Crippen LogP contribution is -2.50. The molecule has 0 atom stereocenters. The molecule has 0 bridgehead atoms. The van der Waals surface area contributed by atoms with Crippen molar-refractivity contribution in [3.63, 3.8) is 0 Å². The Hall–Kier alpha value is -1.89. The second kappa shape index (κ2) is 6.71. The van der Waals surface area contributed by atoms with Gasteiger partial charge in [-0.1, -0.05) is 25.0 Å². The van der Waals surface area contributed by atoms with Gasteiger partial charge in [0, 0.05) is 0 Å². The summed E-state index contributed by atoms with van der Waals surface area (Å²) in [5.41, 5.74) is -0.468. The highest BCUT2D eigenvalue weighted by molar-refractivity contribution is 5.91. The predicted molar refractivity (Wildman–Crippen MR) is 73.5 cm³/mol. The first-order chi connectivity index (χ1) is 10.0. The van der Waals surface area contributed by atoms with E-state index in [1.54, 1.807) is 6.07 Å². The first kappa shape index (κ1) is 15.5. The minimum Gasteiger partial charge on any atom is -0.433 e. The van der Waals surface area contributed by atoms with Gasteiger partial charge in [0.25, 0.3) is 0 Å². The predicted octanol–water partition coefficient (Wildman–Crippen LogP) is 2.71. The molecule has 0 unspecified atom stereocenters. The zero-order valence-corrected chi connectivity index (χ0v) is 11.4. The molecule has 1 aromatic rings. The van der Waals surface area contributed by atoms with Crippen LogP contribution in [0.4, 0.5) is 19.3 Å². The van der Waals surface area contributed by atoms with Crippen molar-refractivity contribution in [2.45, 2.75) is 37.8 Å². The molecule has 21 heavy (non-hydrogen) atoms. The number of para-hydroxylation sites is 2. The molecule has 0 aliphatic heterocycles. The van der Waals surface area contributed by atoms with Crippen LogP contribution in [0, 0.1) is 0 Å². The van der Waals surface area contributed by atoms with E-state index in [2.05, 4.69) is 15.4 Å². The van der Waals surface area contributed by atoms with Crippen LogP contribution in [0.1, 0.15) is 25.7 Å². The van der Waals surface area contributed by atoms with Gasteiger partial charge in [-0.25, -0.2) is 4.79 Å². The Kier molecular flexibility index (Phi) is 4.95. The Bertz CT molecular complexity index is 491. The summed E-state index contributed by atoms with van der Waals surface area (Å²) in [7, 11) is 0. The Morgan fingerprint density at radius 2 is 2.00 bits per heavy atom. The van der Waals surface area contributed by atoms with Crippen molar-refractivity contribution in [2.75, 3.05) is 11.9 Å². The van der Waals surface area contributed by atoms with Crippen molar-refractivity contribution >= 4 is 11.7 Å². The number of alkyl halides is 2. The minimum atomic E-state index is -2.96. The first-order valence-electron chi connectivity index (χ1n) is 6.78. The molecule has 0 spiro atoms. The molecular weight excluding hydrogens is 282 g/mol. The Morgan fingerprint density at radius 1 is 1.33 bits per heavy atom. The number of ether oxygens (including phenoxy) is 1. The van der Waals surface area contributed by atoms with E-state index in [-0.39, 0.29) is 18.0 Å². The molecule has 0 saturated heterocycles. The van der Waals surface area contributed by atoms with Crippen LogP contribution in [-0.2, 0) is 0 Å². The number of amides is 2. The summed E-state index contributed by atoms with van der Waals surface area (Å²) in [5, 5.41) is 14.6. The number of carbonyl (C=O) groups excluding carboxylic acids is 1. The van der Waals surface area contributed by atoms with E-state index in [0.29, 0.717) is 12.8 Å². The normalized spacial score (nSPS) is 16.8. The zero-order valence-electron chi connectivity index (χ0n) is 11.4. The number of hydrogen-bond donors (Lipinski definition) is 3. The fourth-order valence-corrected chi connectivity index (χ4v) is 2.54. The number of rotatable bonds is 5. The molecule has 116 valence electrons. The van der Waals surface area contributed by atoms with Gasteiger partial charge in [0.05, 0.1) is 17.8 Å². The highest BCUT2D eigenvalue weighted by Crippen LogP contribution is 2.30. The number of hydrogen-bond acceptors (Lipinski definition) is 3. The van der Waals surface area contributed by atoms with Crippen molar-refractivity contribution in [2.24, 2.45) is 0 Å². The average molecular weight is 300 g/mol. The van der Waals surface area contributed by atoms with Gasteiger partial charge in [-0.2, -0.15) is 8.78 Å². The van der Waals surface area contributed by atoms with Gasteiger partial charge in [-0.15, -0.1) is 0 Å². The third-order valence-electron chi connectivity index (χ3n) is 3.59. The van der Waals surface area contributed by atoms with Crippen LogP contribution in [0.25, 0.3) is 0 Å². The molecule has 7 heteroatoms. The SMILES string of the molecule is O=C(Nc1ccccc1OC(F)F)NC1(CO)CCCC1. The molecule has 1 saturated carbocycles. The van der Waals surface area contributed by atoms with Crippen LogP contribution in [0.2, 0.25) is 0 Å². The van der Waals surface area contributed by atoms with E-state index in [1.807, 2.05) is 0 Å². The van der Waals surface area contributed by atoms with Crippen molar-refractivity contribution < 1.29 is 23.4 Å². The van der Waals surface area contributed by atoms with Crippen molar-refractivity contribution in [1.82, 2.24) is 5.32 Å². The number of carbonyl (C=O) groups is 1. The molecule has 5 nitrogen and oxygen atoms in total. The third kappa shape index (κ3) is 4.04. The van der Waals surface area contributed by atoms with Gasteiger partial charge in [-0.05, 0) is 25.0 Å². The molecule has 2 amide bonds. The van der Waals surface area contributed by atoms with Crippen LogP contribution in [-0.4, -0.2) is 29.9 Å². The number of anilines is 1. The third-order valence-corrected chi connectivity index (χ3v) is 3.59. The molecular formula is C14H18F2N2O3.